The van der Waals surface area contributed by atoms with Crippen LogP contribution in [0.5, 0.6) is 0 Å². The molecule has 2 nitrogen and oxygen atoms in total. The molecule has 0 aliphatic carbocycles. The summed E-state index contributed by atoms with van der Waals surface area (Å²) >= 11 is 2.37. The van der Waals surface area contributed by atoms with Crippen LogP contribution in [0.4, 0.5) is 0 Å². The maximum absolute atomic E-state index is 4.94. The molecular formula is CH4AlCl3N2S. The zero-order valence-corrected chi connectivity index (χ0v) is 8.01. The Labute approximate surface area is 70.1 Å². The Kier molecular flexibility index (Phi) is 12.0. The molecule has 0 aromatic heterocycles. The van der Waals surface area contributed by atoms with Crippen molar-refractivity contribution in [1.29, 1.82) is 0 Å². The predicted molar refractivity (Wildman–Crippen MR) is 44.3 cm³/mol. The minimum absolute atomic E-state index is 0.000000000000000222. The van der Waals surface area contributed by atoms with E-state index in [9.17, 15) is 0 Å². The highest BCUT2D eigenvalue weighted by molar-refractivity contribution is 7.80. The summed E-state index contributed by atoms with van der Waals surface area (Å²) in [6.45, 7) is 0. The van der Waals surface area contributed by atoms with Gasteiger partial charge in [0.1, 0.15) is 0 Å². The van der Waals surface area contributed by atoms with Gasteiger partial charge >= 0.3 is 11.4 Å². The second kappa shape index (κ2) is 8.09. The molecule has 0 amide bonds. The van der Waals surface area contributed by atoms with Gasteiger partial charge in [0.2, 0.25) is 0 Å². The Morgan fingerprint density at radius 2 is 1.25 bits per heavy atom. The highest BCUT2D eigenvalue weighted by atomic mass is 35.8. The lowest BCUT2D eigenvalue weighted by Gasteiger charge is -1.68. The van der Waals surface area contributed by atoms with Crippen LogP contribution in [-0.2, 0) is 0 Å². The molecule has 0 rings (SSSR count). The first kappa shape index (κ1) is 11.8. The SMILES string of the molecule is NC(N)=S.[Cl][Al]([Cl])[Cl]. The molecule has 4 N–H and O–H groups in total. The van der Waals surface area contributed by atoms with Crippen LogP contribution < -0.4 is 11.5 Å². The van der Waals surface area contributed by atoms with Gasteiger partial charge in [0.15, 0.2) is 5.11 Å². The summed E-state index contributed by atoms with van der Waals surface area (Å²) in [6, 6.07) is 0. The van der Waals surface area contributed by atoms with E-state index < -0.39 is 11.4 Å². The van der Waals surface area contributed by atoms with E-state index >= 15 is 0 Å². The maximum atomic E-state index is 4.94. The summed E-state index contributed by atoms with van der Waals surface area (Å²) in [5.41, 5.74) is 9.24. The average molecular weight is 209 g/mol. The lowest BCUT2D eigenvalue weighted by atomic mass is 11.3. The molecule has 0 saturated heterocycles. The number of hydrogen-bond donors (Lipinski definition) is 2. The second-order valence-electron chi connectivity index (χ2n) is 0.650. The summed E-state index contributed by atoms with van der Waals surface area (Å²) in [7, 11) is 14.8. The standard InChI is InChI=1S/CH4N2S.Al.3ClH/c2-1(3)4;;;;/h(H4,2,3,4);;3*1H/q;+3;;;/p-3. The Morgan fingerprint density at radius 3 is 1.25 bits per heavy atom. The molecule has 7 heteroatoms. The fourth-order valence-corrected chi connectivity index (χ4v) is 0. The summed E-state index contributed by atoms with van der Waals surface area (Å²) in [5.74, 6) is 0. The van der Waals surface area contributed by atoms with Crippen LogP contribution in [0.2, 0.25) is 0 Å². The summed E-state index contributed by atoms with van der Waals surface area (Å²) in [6.07, 6.45) is 0. The van der Waals surface area contributed by atoms with Gasteiger partial charge in [-0.05, 0) is 12.2 Å². The van der Waals surface area contributed by atoms with Crippen molar-refractivity contribution in [2.75, 3.05) is 0 Å². The highest BCUT2D eigenvalue weighted by Gasteiger charge is 2.00. The average Bonchev–Trinajstić information content (AvgIpc) is 1.25. The van der Waals surface area contributed by atoms with Crippen molar-refractivity contribution in [3.63, 3.8) is 0 Å². The minimum Gasteiger partial charge on any atom is -0.377 e. The predicted octanol–water partition coefficient (Wildman–Crippen LogP) is 0.876. The van der Waals surface area contributed by atoms with Crippen molar-refractivity contribution in [3.8, 4) is 0 Å². The van der Waals surface area contributed by atoms with Gasteiger partial charge in [0.25, 0.3) is 0 Å². The van der Waals surface area contributed by atoms with E-state index in [0.717, 1.165) is 0 Å². The van der Waals surface area contributed by atoms with E-state index in [0.29, 0.717) is 0 Å². The Hall–Kier alpha value is 1.09. The van der Waals surface area contributed by atoms with Crippen molar-refractivity contribution >= 4 is 58.9 Å². The molecule has 8 heavy (non-hydrogen) atoms. The van der Waals surface area contributed by atoms with E-state index in [4.69, 9.17) is 30.1 Å². The normalized spacial score (nSPS) is 6.38. The molecule has 0 aliphatic rings. The lowest BCUT2D eigenvalue weighted by molar-refractivity contribution is 1.65. The van der Waals surface area contributed by atoms with E-state index in [1.807, 2.05) is 0 Å². The second-order valence-corrected chi connectivity index (χ2v) is 7.55. The lowest BCUT2D eigenvalue weighted by Crippen LogP contribution is -2.18. The largest absolute Gasteiger partial charge is 0.643 e. The number of rotatable bonds is 0. The number of hydrogen-bond acceptors (Lipinski definition) is 1. The first-order valence-corrected chi connectivity index (χ1v) is 7.08. The van der Waals surface area contributed by atoms with Crippen molar-refractivity contribution in [2.45, 2.75) is 0 Å². The van der Waals surface area contributed by atoms with Gasteiger partial charge < -0.3 is 11.5 Å². The quantitative estimate of drug-likeness (QED) is 0.460. The van der Waals surface area contributed by atoms with Gasteiger partial charge in [-0.2, -0.15) is 0 Å². The molecular weight excluding hydrogens is 205 g/mol. The van der Waals surface area contributed by atoms with E-state index in [2.05, 4.69) is 23.7 Å². The van der Waals surface area contributed by atoms with Gasteiger partial charge in [-0.25, -0.2) is 30.1 Å². The molecule has 0 atom stereocenters. The number of thiocarbonyl (C=S) groups is 1. The third-order valence-electron chi connectivity index (χ3n) is 0. The van der Waals surface area contributed by atoms with Crippen LogP contribution in [-0.4, -0.2) is 16.5 Å². The zero-order valence-electron chi connectivity index (χ0n) is 3.77. The van der Waals surface area contributed by atoms with E-state index in [1.54, 1.807) is 0 Å². The third-order valence-corrected chi connectivity index (χ3v) is 0. The van der Waals surface area contributed by atoms with Crippen LogP contribution in [0.1, 0.15) is 0 Å². The Balaban J connectivity index is 0. The molecule has 0 bridgehead atoms. The van der Waals surface area contributed by atoms with Crippen LogP contribution in [0.3, 0.4) is 0 Å². The van der Waals surface area contributed by atoms with Gasteiger partial charge in [0, 0.05) is 0 Å². The molecule has 0 fully saturated rings. The summed E-state index contributed by atoms with van der Waals surface area (Å²) in [4.78, 5) is 0. The van der Waals surface area contributed by atoms with Crippen LogP contribution in [0.25, 0.3) is 0 Å². The highest BCUT2D eigenvalue weighted by Crippen LogP contribution is 1.97. The third kappa shape index (κ3) is 221. The van der Waals surface area contributed by atoms with Crippen molar-refractivity contribution in [3.05, 3.63) is 0 Å². The molecule has 0 radical (unpaired) electrons. The molecule has 0 saturated carbocycles. The smallest absolute Gasteiger partial charge is 0.377 e. The van der Waals surface area contributed by atoms with Gasteiger partial charge in [0.05, 0.1) is 0 Å². The topological polar surface area (TPSA) is 52.0 Å². The van der Waals surface area contributed by atoms with Crippen molar-refractivity contribution in [1.82, 2.24) is 0 Å². The van der Waals surface area contributed by atoms with Crippen molar-refractivity contribution in [2.24, 2.45) is 11.5 Å². The summed E-state index contributed by atoms with van der Waals surface area (Å²) in [5, 5.41) is 0.000000000000000222. The number of halogens is 3. The van der Waals surface area contributed by atoms with Crippen molar-refractivity contribution < 1.29 is 0 Å². The minimum atomic E-state index is -1.72. The van der Waals surface area contributed by atoms with Gasteiger partial charge in [-0.15, -0.1) is 0 Å². The van der Waals surface area contributed by atoms with Gasteiger partial charge in [-0.1, -0.05) is 0 Å². The van der Waals surface area contributed by atoms with Gasteiger partial charge in [-0.3, -0.25) is 0 Å². The fraction of sp³-hybridized carbons (Fsp3) is 0. The Bertz CT molecular complexity index is 61.5. The molecule has 0 aliphatic heterocycles. The zero-order chi connectivity index (χ0) is 7.15. The molecule has 0 heterocycles. The monoisotopic (exact) mass is 208 g/mol. The van der Waals surface area contributed by atoms with E-state index in [1.165, 1.54) is 0 Å². The van der Waals surface area contributed by atoms with E-state index in [-0.39, 0.29) is 5.11 Å². The van der Waals surface area contributed by atoms with Crippen LogP contribution in [0, 0.1) is 0 Å². The number of nitrogens with two attached hydrogens (primary N) is 2. The first-order chi connectivity index (χ1) is 3.46. The maximum Gasteiger partial charge on any atom is 0.643 e. The first-order valence-electron chi connectivity index (χ1n) is 1.44. The molecule has 0 aromatic rings. The molecule has 48 valence electrons. The van der Waals surface area contributed by atoms with Crippen LogP contribution in [0.15, 0.2) is 0 Å². The fourth-order valence-electron chi connectivity index (χ4n) is 0. The Morgan fingerprint density at radius 1 is 1.25 bits per heavy atom. The summed E-state index contributed by atoms with van der Waals surface area (Å²) < 4.78 is 0. The molecule has 0 spiro atoms. The molecule has 0 unspecified atom stereocenters. The molecule has 0 aromatic carbocycles. The van der Waals surface area contributed by atoms with Crippen LogP contribution >= 0.6 is 42.4 Å².